The summed E-state index contributed by atoms with van der Waals surface area (Å²) in [7, 11) is 0. The number of fused-ring (bicyclic) bond motifs is 1. The van der Waals surface area contributed by atoms with Crippen LogP contribution in [0.5, 0.6) is 0 Å². The van der Waals surface area contributed by atoms with Crippen LogP contribution >= 0.6 is 0 Å². The summed E-state index contributed by atoms with van der Waals surface area (Å²) in [5.41, 5.74) is 2.19. The topological polar surface area (TPSA) is 95.6 Å². The molecule has 0 aromatic carbocycles. The number of pyridine rings is 1. The van der Waals surface area contributed by atoms with Crippen LogP contribution in [0.25, 0.3) is 6.08 Å². The molecular formula is C19H25N5O3. The number of anilines is 2. The van der Waals surface area contributed by atoms with Gasteiger partial charge in [0.2, 0.25) is 0 Å². The second kappa shape index (κ2) is 7.96. The van der Waals surface area contributed by atoms with Crippen LogP contribution in [0.15, 0.2) is 17.7 Å². The second-order valence-corrected chi connectivity index (χ2v) is 7.14. The van der Waals surface area contributed by atoms with E-state index in [0.29, 0.717) is 49.9 Å². The smallest absolute Gasteiger partial charge is 0.320 e. The molecule has 1 aromatic heterocycles. The highest BCUT2D eigenvalue weighted by Gasteiger charge is 2.24. The largest absolute Gasteiger partial charge is 0.379 e. The number of rotatable bonds is 3. The lowest BCUT2D eigenvalue weighted by Crippen LogP contribution is -2.42. The molecule has 1 saturated carbocycles. The molecule has 8 heteroatoms. The van der Waals surface area contributed by atoms with Crippen LogP contribution in [0.3, 0.4) is 0 Å². The van der Waals surface area contributed by atoms with Crippen molar-refractivity contribution >= 4 is 29.5 Å². The molecular weight excluding hydrogens is 346 g/mol. The van der Waals surface area contributed by atoms with Gasteiger partial charge in [0.1, 0.15) is 5.82 Å². The zero-order valence-corrected chi connectivity index (χ0v) is 15.3. The van der Waals surface area contributed by atoms with Crippen molar-refractivity contribution in [2.75, 3.05) is 43.5 Å². The van der Waals surface area contributed by atoms with Crippen molar-refractivity contribution in [3.63, 3.8) is 0 Å². The molecule has 0 bridgehead atoms. The zero-order valence-electron chi connectivity index (χ0n) is 15.3. The summed E-state index contributed by atoms with van der Waals surface area (Å²) in [5.74, 6) is 0.484. The molecule has 144 valence electrons. The highest BCUT2D eigenvalue weighted by molar-refractivity contribution is 6.00. The molecule has 8 nitrogen and oxygen atoms in total. The van der Waals surface area contributed by atoms with Crippen molar-refractivity contribution in [2.24, 2.45) is 0 Å². The van der Waals surface area contributed by atoms with Gasteiger partial charge in [0.05, 0.1) is 24.6 Å². The summed E-state index contributed by atoms with van der Waals surface area (Å²) in [5, 5.41) is 9.01. The lowest BCUT2D eigenvalue weighted by molar-refractivity contribution is -0.131. The van der Waals surface area contributed by atoms with Crippen LogP contribution in [-0.2, 0) is 9.53 Å². The maximum absolute atomic E-state index is 12.7. The van der Waals surface area contributed by atoms with Crippen LogP contribution in [-0.4, -0.2) is 60.7 Å². The molecule has 0 radical (unpaired) electrons. The van der Waals surface area contributed by atoms with Crippen molar-refractivity contribution in [3.05, 3.63) is 23.4 Å². The Morgan fingerprint density at radius 1 is 1.19 bits per heavy atom. The number of nitrogens with one attached hydrogen (secondary N) is 3. The first kappa shape index (κ1) is 17.8. The number of aromatic nitrogens is 1. The van der Waals surface area contributed by atoms with Gasteiger partial charge in [-0.25, -0.2) is 9.78 Å². The fourth-order valence-corrected chi connectivity index (χ4v) is 3.73. The third kappa shape index (κ3) is 4.21. The minimum Gasteiger partial charge on any atom is -0.379 e. The number of ether oxygens (including phenoxy) is 1. The normalized spacial score (nSPS) is 19.7. The molecule has 27 heavy (non-hydrogen) atoms. The lowest BCUT2D eigenvalue weighted by Gasteiger charge is -2.29. The van der Waals surface area contributed by atoms with Crippen LogP contribution in [0.2, 0.25) is 0 Å². The molecule has 3 aliphatic rings. The predicted molar refractivity (Wildman–Crippen MR) is 103 cm³/mol. The molecule has 2 aliphatic heterocycles. The number of hydrogen-bond donors (Lipinski definition) is 3. The quantitative estimate of drug-likeness (QED) is 0.753. The Balaban J connectivity index is 1.44. The minimum absolute atomic E-state index is 0.00980. The summed E-state index contributed by atoms with van der Waals surface area (Å²) in [4.78, 5) is 31.1. The third-order valence-corrected chi connectivity index (χ3v) is 5.21. The SMILES string of the molecule is O=C(Nc1ccc2c(n1)C=C(C(=O)N1CCOCC1)CN2)NC1CCCC1. The number of urea groups is 1. The highest BCUT2D eigenvalue weighted by atomic mass is 16.5. The van der Waals surface area contributed by atoms with Crippen molar-refractivity contribution in [1.82, 2.24) is 15.2 Å². The van der Waals surface area contributed by atoms with Gasteiger partial charge in [0.15, 0.2) is 0 Å². The number of amides is 3. The van der Waals surface area contributed by atoms with Gasteiger partial charge in [0.25, 0.3) is 5.91 Å². The van der Waals surface area contributed by atoms with Crippen LogP contribution in [0.1, 0.15) is 31.4 Å². The van der Waals surface area contributed by atoms with E-state index in [1.165, 1.54) is 12.8 Å². The maximum atomic E-state index is 12.7. The molecule has 3 heterocycles. The van der Waals surface area contributed by atoms with E-state index in [0.717, 1.165) is 18.5 Å². The second-order valence-electron chi connectivity index (χ2n) is 7.14. The Hall–Kier alpha value is -2.61. The number of carbonyl (C=O) groups is 2. The molecule has 0 atom stereocenters. The van der Waals surface area contributed by atoms with Gasteiger partial charge in [0, 0.05) is 31.2 Å². The highest BCUT2D eigenvalue weighted by Crippen LogP contribution is 2.25. The Labute approximate surface area is 158 Å². The summed E-state index contributed by atoms with van der Waals surface area (Å²) >= 11 is 0. The Morgan fingerprint density at radius 2 is 1.96 bits per heavy atom. The van der Waals surface area contributed by atoms with E-state index in [2.05, 4.69) is 20.9 Å². The van der Waals surface area contributed by atoms with E-state index in [9.17, 15) is 9.59 Å². The van der Waals surface area contributed by atoms with Crippen molar-refractivity contribution < 1.29 is 14.3 Å². The third-order valence-electron chi connectivity index (χ3n) is 5.21. The number of hydrogen-bond acceptors (Lipinski definition) is 5. The van der Waals surface area contributed by atoms with Gasteiger partial charge in [-0.1, -0.05) is 12.8 Å². The first-order chi connectivity index (χ1) is 13.2. The van der Waals surface area contributed by atoms with Crippen LogP contribution < -0.4 is 16.0 Å². The Bertz CT molecular complexity index is 752. The first-order valence-electron chi connectivity index (χ1n) is 9.59. The predicted octanol–water partition coefficient (Wildman–Crippen LogP) is 1.81. The van der Waals surface area contributed by atoms with E-state index in [4.69, 9.17) is 4.74 Å². The minimum atomic E-state index is -0.230. The molecule has 0 spiro atoms. The summed E-state index contributed by atoms with van der Waals surface area (Å²) in [6.45, 7) is 2.84. The summed E-state index contributed by atoms with van der Waals surface area (Å²) < 4.78 is 5.31. The number of carbonyl (C=O) groups excluding carboxylic acids is 2. The average molecular weight is 371 g/mol. The summed E-state index contributed by atoms with van der Waals surface area (Å²) in [6, 6.07) is 3.66. The number of nitrogens with zero attached hydrogens (tertiary/aromatic N) is 2. The maximum Gasteiger partial charge on any atom is 0.320 e. The fraction of sp³-hybridized carbons (Fsp3) is 0.526. The standard InChI is InChI=1S/C19H25N5O3/c25-18(24-7-9-27-10-8-24)13-11-16-15(20-12-13)5-6-17(22-16)23-19(26)21-14-3-1-2-4-14/h5-6,11,14,20H,1-4,7-10,12H2,(H2,21,22,23,26). The van der Waals surface area contributed by atoms with E-state index < -0.39 is 0 Å². The zero-order chi connectivity index (χ0) is 18.6. The molecule has 1 aromatic rings. The van der Waals surface area contributed by atoms with Gasteiger partial charge < -0.3 is 20.3 Å². The lowest BCUT2D eigenvalue weighted by atomic mass is 10.1. The van der Waals surface area contributed by atoms with E-state index >= 15 is 0 Å². The molecule has 1 aliphatic carbocycles. The van der Waals surface area contributed by atoms with Crippen molar-refractivity contribution in [1.29, 1.82) is 0 Å². The van der Waals surface area contributed by atoms with Gasteiger partial charge >= 0.3 is 6.03 Å². The summed E-state index contributed by atoms with van der Waals surface area (Å²) in [6.07, 6.45) is 6.20. The molecule has 2 fully saturated rings. The van der Waals surface area contributed by atoms with Gasteiger partial charge in [-0.2, -0.15) is 0 Å². The van der Waals surface area contributed by atoms with Crippen molar-refractivity contribution in [3.8, 4) is 0 Å². The van der Waals surface area contributed by atoms with Crippen molar-refractivity contribution in [2.45, 2.75) is 31.7 Å². The molecule has 3 amide bonds. The van der Waals surface area contributed by atoms with Gasteiger partial charge in [-0.05, 0) is 31.1 Å². The first-order valence-corrected chi connectivity index (χ1v) is 9.59. The number of morpholine rings is 1. The molecule has 0 unspecified atom stereocenters. The molecule has 1 saturated heterocycles. The monoisotopic (exact) mass is 371 g/mol. The van der Waals surface area contributed by atoms with E-state index in [-0.39, 0.29) is 18.0 Å². The van der Waals surface area contributed by atoms with E-state index in [1.807, 2.05) is 12.1 Å². The molecule has 4 rings (SSSR count). The Morgan fingerprint density at radius 3 is 2.74 bits per heavy atom. The fourth-order valence-electron chi connectivity index (χ4n) is 3.73. The van der Waals surface area contributed by atoms with Crippen LogP contribution in [0.4, 0.5) is 16.3 Å². The van der Waals surface area contributed by atoms with E-state index in [1.54, 1.807) is 11.0 Å². The average Bonchev–Trinajstić information content (AvgIpc) is 3.20. The van der Waals surface area contributed by atoms with Crippen LogP contribution in [0, 0.1) is 0 Å². The molecule has 3 N–H and O–H groups in total. The van der Waals surface area contributed by atoms with Gasteiger partial charge in [-0.3, -0.25) is 10.1 Å². The van der Waals surface area contributed by atoms with Gasteiger partial charge in [-0.15, -0.1) is 0 Å². The Kier molecular flexibility index (Phi) is 5.24.